The molecule has 1 aromatic carbocycles. The predicted molar refractivity (Wildman–Crippen MR) is 104 cm³/mol. The van der Waals surface area contributed by atoms with Gasteiger partial charge in [0.2, 0.25) is 0 Å². The van der Waals surface area contributed by atoms with Gasteiger partial charge in [-0.25, -0.2) is 4.79 Å². The molecule has 4 rings (SSSR count). The number of amides is 1. The van der Waals surface area contributed by atoms with Crippen LogP contribution in [0.1, 0.15) is 51.2 Å². The number of aryl methyl sites for hydroxylation is 1. The number of carbonyl (C=O) groups is 1. The average Bonchev–Trinajstić information content (AvgIpc) is 2.84. The Hall–Kier alpha value is -2.36. The van der Waals surface area contributed by atoms with E-state index in [1.54, 1.807) is 0 Å². The number of pyridine rings is 1. The summed E-state index contributed by atoms with van der Waals surface area (Å²) in [6.45, 7) is 7.91. The quantitative estimate of drug-likeness (QED) is 0.719. The molecule has 136 valence electrons. The van der Waals surface area contributed by atoms with E-state index in [0.717, 1.165) is 24.8 Å². The van der Waals surface area contributed by atoms with Crippen LogP contribution in [0.15, 0.2) is 36.5 Å². The molecule has 0 saturated carbocycles. The van der Waals surface area contributed by atoms with Gasteiger partial charge in [0.15, 0.2) is 0 Å². The number of fused-ring (bicyclic) bond motifs is 3. The SMILES string of the molecule is Cc1c(C2=CC3CCC(C2)N3C(=O)OC(C)(C)C)ccc2cccnc12. The minimum atomic E-state index is -0.457. The Morgan fingerprint density at radius 2 is 2.04 bits per heavy atom. The lowest BCUT2D eigenvalue weighted by atomic mass is 9.91. The molecular formula is C22H26N2O2. The second-order valence-corrected chi connectivity index (χ2v) is 8.40. The molecule has 1 aromatic heterocycles. The Labute approximate surface area is 154 Å². The third kappa shape index (κ3) is 2.98. The van der Waals surface area contributed by atoms with E-state index in [1.165, 1.54) is 22.1 Å². The maximum absolute atomic E-state index is 12.6. The van der Waals surface area contributed by atoms with Crippen LogP contribution in [0, 0.1) is 6.92 Å². The summed E-state index contributed by atoms with van der Waals surface area (Å²) in [6, 6.07) is 8.79. The number of ether oxygens (including phenoxy) is 1. The van der Waals surface area contributed by atoms with Gasteiger partial charge < -0.3 is 4.74 Å². The van der Waals surface area contributed by atoms with E-state index in [1.807, 2.05) is 37.9 Å². The average molecular weight is 350 g/mol. The first-order valence-corrected chi connectivity index (χ1v) is 9.40. The molecule has 0 radical (unpaired) electrons. The second-order valence-electron chi connectivity index (χ2n) is 8.40. The highest BCUT2D eigenvalue weighted by molar-refractivity contribution is 5.88. The van der Waals surface area contributed by atoms with Gasteiger partial charge in [-0.15, -0.1) is 0 Å². The van der Waals surface area contributed by atoms with Crippen LogP contribution < -0.4 is 0 Å². The molecule has 3 heterocycles. The zero-order chi connectivity index (χ0) is 18.5. The van der Waals surface area contributed by atoms with Gasteiger partial charge in [-0.05, 0) is 69.7 Å². The fraction of sp³-hybridized carbons (Fsp3) is 0.455. The monoisotopic (exact) mass is 350 g/mol. The Bertz CT molecular complexity index is 895. The molecule has 2 atom stereocenters. The van der Waals surface area contributed by atoms with Crippen molar-refractivity contribution in [1.29, 1.82) is 0 Å². The first-order valence-electron chi connectivity index (χ1n) is 9.40. The fourth-order valence-corrected chi connectivity index (χ4v) is 4.27. The van der Waals surface area contributed by atoms with Crippen LogP contribution in [0.25, 0.3) is 16.5 Å². The van der Waals surface area contributed by atoms with Gasteiger partial charge >= 0.3 is 6.09 Å². The molecule has 2 unspecified atom stereocenters. The second kappa shape index (κ2) is 6.11. The Morgan fingerprint density at radius 3 is 2.77 bits per heavy atom. The molecule has 0 aliphatic carbocycles. The molecule has 2 aliphatic rings. The molecular weight excluding hydrogens is 324 g/mol. The largest absolute Gasteiger partial charge is 0.444 e. The first-order chi connectivity index (χ1) is 12.3. The predicted octanol–water partition coefficient (Wildman–Crippen LogP) is 5.10. The van der Waals surface area contributed by atoms with Crippen molar-refractivity contribution in [2.45, 2.75) is 64.6 Å². The molecule has 2 bridgehead atoms. The third-order valence-corrected chi connectivity index (χ3v) is 5.37. The van der Waals surface area contributed by atoms with E-state index < -0.39 is 5.60 Å². The van der Waals surface area contributed by atoms with Crippen LogP contribution in [0.5, 0.6) is 0 Å². The third-order valence-electron chi connectivity index (χ3n) is 5.37. The van der Waals surface area contributed by atoms with E-state index in [9.17, 15) is 4.79 Å². The highest BCUT2D eigenvalue weighted by Gasteiger charge is 2.41. The highest BCUT2D eigenvalue weighted by Crippen LogP contribution is 2.40. The van der Waals surface area contributed by atoms with Crippen molar-refractivity contribution >= 4 is 22.6 Å². The summed E-state index contributed by atoms with van der Waals surface area (Å²) >= 11 is 0. The fourth-order valence-electron chi connectivity index (χ4n) is 4.27. The Morgan fingerprint density at radius 1 is 1.23 bits per heavy atom. The zero-order valence-corrected chi connectivity index (χ0v) is 16.0. The summed E-state index contributed by atoms with van der Waals surface area (Å²) in [7, 11) is 0. The van der Waals surface area contributed by atoms with Crippen molar-refractivity contribution in [3.8, 4) is 0 Å². The number of nitrogens with zero attached hydrogens (tertiary/aromatic N) is 2. The molecule has 26 heavy (non-hydrogen) atoms. The highest BCUT2D eigenvalue weighted by atomic mass is 16.6. The van der Waals surface area contributed by atoms with Crippen molar-refractivity contribution in [2.24, 2.45) is 0 Å². The van der Waals surface area contributed by atoms with E-state index in [4.69, 9.17) is 4.74 Å². The summed E-state index contributed by atoms with van der Waals surface area (Å²) < 4.78 is 5.63. The van der Waals surface area contributed by atoms with Crippen molar-refractivity contribution in [1.82, 2.24) is 9.88 Å². The topological polar surface area (TPSA) is 42.4 Å². The van der Waals surface area contributed by atoms with Crippen molar-refractivity contribution in [3.63, 3.8) is 0 Å². The molecule has 4 nitrogen and oxygen atoms in total. The molecule has 1 amide bonds. The molecule has 4 heteroatoms. The van der Waals surface area contributed by atoms with Crippen LogP contribution in [-0.2, 0) is 4.74 Å². The van der Waals surface area contributed by atoms with Gasteiger partial charge in [-0.3, -0.25) is 9.88 Å². The standard InChI is InChI=1S/C22H26N2O2/c1-14-19(10-7-15-6-5-11-23-20(14)15)16-12-17-8-9-18(13-16)24(17)21(25)26-22(2,3)4/h5-7,10-12,17-18H,8-9,13H2,1-4H3. The number of benzene rings is 1. The van der Waals surface area contributed by atoms with Crippen LogP contribution >= 0.6 is 0 Å². The minimum Gasteiger partial charge on any atom is -0.444 e. The van der Waals surface area contributed by atoms with Crippen molar-refractivity contribution < 1.29 is 9.53 Å². The number of rotatable bonds is 1. The van der Waals surface area contributed by atoms with Gasteiger partial charge in [0.25, 0.3) is 0 Å². The normalized spacial score (nSPS) is 22.5. The summed E-state index contributed by atoms with van der Waals surface area (Å²) in [5, 5.41) is 1.17. The first kappa shape index (κ1) is 17.1. The summed E-state index contributed by atoms with van der Waals surface area (Å²) in [5.41, 5.74) is 4.42. The van der Waals surface area contributed by atoms with Gasteiger partial charge in [0, 0.05) is 17.6 Å². The summed E-state index contributed by atoms with van der Waals surface area (Å²) in [6.07, 6.45) is 6.87. The zero-order valence-electron chi connectivity index (χ0n) is 16.0. The molecule has 0 N–H and O–H groups in total. The van der Waals surface area contributed by atoms with Crippen LogP contribution in [0.2, 0.25) is 0 Å². The van der Waals surface area contributed by atoms with Gasteiger partial charge in [0.1, 0.15) is 5.60 Å². The summed E-state index contributed by atoms with van der Waals surface area (Å²) in [4.78, 5) is 19.1. The van der Waals surface area contributed by atoms with Crippen molar-refractivity contribution in [2.75, 3.05) is 0 Å². The van der Waals surface area contributed by atoms with E-state index in [2.05, 4.69) is 36.2 Å². The van der Waals surface area contributed by atoms with Crippen LogP contribution in [0.4, 0.5) is 4.79 Å². The summed E-state index contributed by atoms with van der Waals surface area (Å²) in [5.74, 6) is 0. The van der Waals surface area contributed by atoms with E-state index in [0.29, 0.717) is 0 Å². The lowest BCUT2D eigenvalue weighted by Gasteiger charge is -2.35. The number of aromatic nitrogens is 1. The van der Waals surface area contributed by atoms with Crippen LogP contribution in [0.3, 0.4) is 0 Å². The maximum Gasteiger partial charge on any atom is 0.411 e. The minimum absolute atomic E-state index is 0.137. The van der Waals surface area contributed by atoms with Crippen LogP contribution in [-0.4, -0.2) is 33.7 Å². The van der Waals surface area contributed by atoms with Gasteiger partial charge in [-0.2, -0.15) is 0 Å². The number of hydrogen-bond acceptors (Lipinski definition) is 3. The molecule has 2 aromatic rings. The number of carbonyl (C=O) groups excluding carboxylic acids is 1. The number of hydrogen-bond donors (Lipinski definition) is 0. The smallest absolute Gasteiger partial charge is 0.411 e. The van der Waals surface area contributed by atoms with E-state index >= 15 is 0 Å². The van der Waals surface area contributed by atoms with Crippen molar-refractivity contribution in [3.05, 3.63) is 47.7 Å². The molecule has 1 fully saturated rings. The molecule has 0 spiro atoms. The van der Waals surface area contributed by atoms with Gasteiger partial charge in [-0.1, -0.05) is 24.3 Å². The Balaban J connectivity index is 1.66. The lowest BCUT2D eigenvalue weighted by molar-refractivity contribution is 0.0175. The maximum atomic E-state index is 12.6. The van der Waals surface area contributed by atoms with E-state index in [-0.39, 0.29) is 18.2 Å². The molecule has 2 aliphatic heterocycles. The Kier molecular flexibility index (Phi) is 4.02. The van der Waals surface area contributed by atoms with Gasteiger partial charge in [0.05, 0.1) is 11.6 Å². The molecule has 1 saturated heterocycles. The lowest BCUT2D eigenvalue weighted by Crippen LogP contribution is -2.45.